The molecule has 3 N–H and O–H groups in total. The van der Waals surface area contributed by atoms with Crippen molar-refractivity contribution in [2.45, 2.75) is 13.1 Å². The van der Waals surface area contributed by atoms with Crippen LogP contribution in [0.25, 0.3) is 0 Å². The molecule has 98 valence electrons. The maximum atomic E-state index is 5.71. The Balaban J connectivity index is 0.00000144. The predicted molar refractivity (Wildman–Crippen MR) is 82.3 cm³/mol. The normalized spacial score (nSPS) is 9.11. The van der Waals surface area contributed by atoms with E-state index in [0.717, 1.165) is 18.8 Å². The van der Waals surface area contributed by atoms with Gasteiger partial charge in [-0.25, -0.2) is 0 Å². The summed E-state index contributed by atoms with van der Waals surface area (Å²) in [5.74, 6) is 0. The van der Waals surface area contributed by atoms with Gasteiger partial charge in [0.25, 0.3) is 0 Å². The van der Waals surface area contributed by atoms with Crippen LogP contribution in [0.3, 0.4) is 0 Å². The molecule has 0 fully saturated rings. The van der Waals surface area contributed by atoms with Crippen molar-refractivity contribution in [1.29, 1.82) is 0 Å². The third kappa shape index (κ3) is 5.41. The Kier molecular flexibility index (Phi) is 8.21. The van der Waals surface area contributed by atoms with Gasteiger partial charge in [0.15, 0.2) is 0 Å². The van der Waals surface area contributed by atoms with Crippen molar-refractivity contribution >= 4 is 30.5 Å². The second kappa shape index (κ2) is 8.81. The number of benzene rings is 2. The average Bonchev–Trinajstić information content (AvgIpc) is 2.30. The van der Waals surface area contributed by atoms with E-state index in [4.69, 9.17) is 5.73 Å². The number of hydrogen-bond donors (Lipinski definition) is 2. The quantitative estimate of drug-likeness (QED) is 0.845. The van der Waals surface area contributed by atoms with E-state index in [9.17, 15) is 0 Å². The van der Waals surface area contributed by atoms with Crippen LogP contribution in [0, 0.1) is 0 Å². The highest BCUT2D eigenvalue weighted by Gasteiger charge is 1.94. The Hall–Kier alpha value is -1.22. The molecule has 0 bridgehead atoms. The van der Waals surface area contributed by atoms with Gasteiger partial charge in [-0.1, -0.05) is 42.5 Å². The van der Waals surface area contributed by atoms with Gasteiger partial charge in [-0.3, -0.25) is 0 Å². The molecule has 0 spiro atoms. The number of nitrogens with one attached hydrogen (secondary N) is 1. The zero-order valence-corrected chi connectivity index (χ0v) is 11.6. The Morgan fingerprint density at radius 2 is 1.39 bits per heavy atom. The van der Waals surface area contributed by atoms with Crippen LogP contribution in [0.5, 0.6) is 0 Å². The van der Waals surface area contributed by atoms with Crippen molar-refractivity contribution in [2.75, 3.05) is 5.73 Å². The van der Waals surface area contributed by atoms with Crippen LogP contribution in [-0.2, 0) is 13.1 Å². The lowest BCUT2D eigenvalue weighted by Crippen LogP contribution is -2.12. The molecule has 0 saturated heterocycles. The molecule has 0 aromatic heterocycles. The van der Waals surface area contributed by atoms with E-state index >= 15 is 0 Å². The third-order valence-corrected chi connectivity index (χ3v) is 2.45. The molecular weight excluding hydrogens is 267 g/mol. The van der Waals surface area contributed by atoms with Crippen molar-refractivity contribution in [3.8, 4) is 0 Å². The molecule has 0 aliphatic carbocycles. The van der Waals surface area contributed by atoms with Gasteiger partial charge in [-0.05, 0) is 23.3 Å². The van der Waals surface area contributed by atoms with Crippen LogP contribution in [0.4, 0.5) is 5.69 Å². The highest BCUT2D eigenvalue weighted by molar-refractivity contribution is 5.85. The molecule has 2 nitrogen and oxygen atoms in total. The lowest BCUT2D eigenvalue weighted by Gasteiger charge is -2.05. The van der Waals surface area contributed by atoms with E-state index in [1.807, 2.05) is 24.3 Å². The SMILES string of the molecule is Cl.Cl.Nc1cccc(CNCc2ccccc2)c1. The molecule has 0 amide bonds. The largest absolute Gasteiger partial charge is 0.399 e. The summed E-state index contributed by atoms with van der Waals surface area (Å²) in [4.78, 5) is 0. The molecule has 0 unspecified atom stereocenters. The number of anilines is 1. The van der Waals surface area contributed by atoms with Crippen molar-refractivity contribution in [3.05, 3.63) is 65.7 Å². The van der Waals surface area contributed by atoms with Crippen molar-refractivity contribution in [3.63, 3.8) is 0 Å². The van der Waals surface area contributed by atoms with E-state index in [-0.39, 0.29) is 24.8 Å². The summed E-state index contributed by atoms with van der Waals surface area (Å²) in [7, 11) is 0. The van der Waals surface area contributed by atoms with Crippen molar-refractivity contribution < 1.29 is 0 Å². The number of nitrogen functional groups attached to an aromatic ring is 1. The summed E-state index contributed by atoms with van der Waals surface area (Å²) in [6.07, 6.45) is 0. The summed E-state index contributed by atoms with van der Waals surface area (Å²) in [5, 5.41) is 3.39. The fourth-order valence-electron chi connectivity index (χ4n) is 1.65. The minimum atomic E-state index is 0. The van der Waals surface area contributed by atoms with Crippen LogP contribution in [0.2, 0.25) is 0 Å². The summed E-state index contributed by atoms with van der Waals surface area (Å²) >= 11 is 0. The summed E-state index contributed by atoms with van der Waals surface area (Å²) in [6.45, 7) is 1.73. The molecule has 0 saturated carbocycles. The predicted octanol–water partition coefficient (Wildman–Crippen LogP) is 3.40. The van der Waals surface area contributed by atoms with Gasteiger partial charge in [0.1, 0.15) is 0 Å². The molecule has 2 aromatic rings. The molecule has 0 aliphatic rings. The van der Waals surface area contributed by atoms with Crippen LogP contribution in [0.15, 0.2) is 54.6 Å². The molecule has 4 heteroatoms. The first-order valence-electron chi connectivity index (χ1n) is 5.43. The summed E-state index contributed by atoms with van der Waals surface area (Å²) < 4.78 is 0. The minimum absolute atomic E-state index is 0. The smallest absolute Gasteiger partial charge is 0.0317 e. The van der Waals surface area contributed by atoms with Crippen LogP contribution in [0.1, 0.15) is 11.1 Å². The number of hydrogen-bond acceptors (Lipinski definition) is 2. The van der Waals surface area contributed by atoms with E-state index in [1.54, 1.807) is 0 Å². The van der Waals surface area contributed by atoms with Crippen LogP contribution in [-0.4, -0.2) is 0 Å². The van der Waals surface area contributed by atoms with Gasteiger partial charge in [0, 0.05) is 18.8 Å². The highest BCUT2D eigenvalue weighted by atomic mass is 35.5. The zero-order chi connectivity index (χ0) is 11.2. The van der Waals surface area contributed by atoms with Crippen molar-refractivity contribution in [1.82, 2.24) is 5.32 Å². The highest BCUT2D eigenvalue weighted by Crippen LogP contribution is 2.06. The second-order valence-corrected chi connectivity index (χ2v) is 3.83. The fraction of sp³-hybridized carbons (Fsp3) is 0.143. The third-order valence-electron chi connectivity index (χ3n) is 2.45. The molecular formula is C14H18Cl2N2. The van der Waals surface area contributed by atoms with E-state index in [1.165, 1.54) is 11.1 Å². The molecule has 2 aromatic carbocycles. The molecule has 18 heavy (non-hydrogen) atoms. The maximum Gasteiger partial charge on any atom is 0.0317 e. The first-order chi connectivity index (χ1) is 7.84. The van der Waals surface area contributed by atoms with E-state index in [2.05, 4.69) is 35.6 Å². The second-order valence-electron chi connectivity index (χ2n) is 3.83. The molecule has 0 atom stereocenters. The summed E-state index contributed by atoms with van der Waals surface area (Å²) in [5.41, 5.74) is 9.05. The Morgan fingerprint density at radius 1 is 0.778 bits per heavy atom. The molecule has 2 rings (SSSR count). The first-order valence-corrected chi connectivity index (χ1v) is 5.43. The fourth-order valence-corrected chi connectivity index (χ4v) is 1.65. The van der Waals surface area contributed by atoms with Gasteiger partial charge < -0.3 is 11.1 Å². The number of rotatable bonds is 4. The molecule has 0 aliphatic heterocycles. The van der Waals surface area contributed by atoms with Crippen molar-refractivity contribution in [2.24, 2.45) is 0 Å². The monoisotopic (exact) mass is 284 g/mol. The number of nitrogens with two attached hydrogens (primary N) is 1. The standard InChI is InChI=1S/C14H16N2.2ClH/c15-14-8-4-7-13(9-14)11-16-10-12-5-2-1-3-6-12;;/h1-9,16H,10-11,15H2;2*1H. The Bertz CT molecular complexity index is 447. The van der Waals surface area contributed by atoms with Gasteiger partial charge in [0.2, 0.25) is 0 Å². The van der Waals surface area contributed by atoms with E-state index < -0.39 is 0 Å². The number of halogens is 2. The lowest BCUT2D eigenvalue weighted by atomic mass is 10.2. The Morgan fingerprint density at radius 3 is 2.06 bits per heavy atom. The summed E-state index contributed by atoms with van der Waals surface area (Å²) in [6, 6.07) is 18.3. The Labute approximate surface area is 120 Å². The first kappa shape index (κ1) is 16.8. The van der Waals surface area contributed by atoms with Crippen LogP contribution >= 0.6 is 24.8 Å². The van der Waals surface area contributed by atoms with Gasteiger partial charge >= 0.3 is 0 Å². The van der Waals surface area contributed by atoms with E-state index in [0.29, 0.717) is 0 Å². The minimum Gasteiger partial charge on any atom is -0.399 e. The zero-order valence-electron chi connectivity index (χ0n) is 10.0. The topological polar surface area (TPSA) is 38.0 Å². The van der Waals surface area contributed by atoms with Gasteiger partial charge in [0.05, 0.1) is 0 Å². The molecule has 0 heterocycles. The lowest BCUT2D eigenvalue weighted by molar-refractivity contribution is 0.693. The van der Waals surface area contributed by atoms with Crippen LogP contribution < -0.4 is 11.1 Å². The molecule has 0 radical (unpaired) electrons. The average molecular weight is 285 g/mol. The maximum absolute atomic E-state index is 5.71. The van der Waals surface area contributed by atoms with Gasteiger partial charge in [-0.15, -0.1) is 24.8 Å². The van der Waals surface area contributed by atoms with Gasteiger partial charge in [-0.2, -0.15) is 0 Å².